The van der Waals surface area contributed by atoms with Crippen LogP contribution in [-0.2, 0) is 14.8 Å². The van der Waals surface area contributed by atoms with E-state index in [-0.39, 0.29) is 11.7 Å². The summed E-state index contributed by atoms with van der Waals surface area (Å²) in [5.41, 5.74) is 1.96. The van der Waals surface area contributed by atoms with Crippen LogP contribution in [0.3, 0.4) is 0 Å². The maximum absolute atomic E-state index is 12.5. The van der Waals surface area contributed by atoms with Crippen LogP contribution in [0, 0.1) is 0 Å². The van der Waals surface area contributed by atoms with Gasteiger partial charge >= 0.3 is 0 Å². The summed E-state index contributed by atoms with van der Waals surface area (Å²) in [5, 5.41) is 5.82. The van der Waals surface area contributed by atoms with Gasteiger partial charge in [-0.15, -0.1) is 0 Å². The second-order valence-corrected chi connectivity index (χ2v) is 8.96. The van der Waals surface area contributed by atoms with Crippen molar-refractivity contribution in [3.05, 3.63) is 48.0 Å². The van der Waals surface area contributed by atoms with Crippen molar-refractivity contribution in [1.82, 2.24) is 4.98 Å². The molecule has 2 amide bonds. The van der Waals surface area contributed by atoms with E-state index < -0.39 is 15.9 Å². The highest BCUT2D eigenvalue weighted by Gasteiger charge is 2.13. The van der Waals surface area contributed by atoms with E-state index >= 15 is 0 Å². The van der Waals surface area contributed by atoms with Crippen LogP contribution >= 0.6 is 11.3 Å². The van der Waals surface area contributed by atoms with Gasteiger partial charge in [0.05, 0.1) is 16.0 Å². The molecule has 0 fully saturated rings. The van der Waals surface area contributed by atoms with Gasteiger partial charge in [0.2, 0.25) is 15.9 Å². The van der Waals surface area contributed by atoms with Crippen molar-refractivity contribution in [3.8, 4) is 0 Å². The molecular formula is C18H18N4O4S2. The average Bonchev–Trinajstić information content (AvgIpc) is 3.02. The monoisotopic (exact) mass is 418 g/mol. The van der Waals surface area contributed by atoms with Gasteiger partial charge in [0, 0.05) is 23.9 Å². The predicted molar refractivity (Wildman–Crippen MR) is 111 cm³/mol. The third-order valence-electron chi connectivity index (χ3n) is 3.71. The third kappa shape index (κ3) is 4.84. The van der Waals surface area contributed by atoms with Crippen molar-refractivity contribution in [2.45, 2.75) is 13.8 Å². The van der Waals surface area contributed by atoms with E-state index in [1.807, 2.05) is 0 Å². The van der Waals surface area contributed by atoms with Gasteiger partial charge < -0.3 is 5.32 Å². The molecule has 1 aromatic heterocycles. The summed E-state index contributed by atoms with van der Waals surface area (Å²) in [6.45, 7) is 2.96. The third-order valence-corrected chi connectivity index (χ3v) is 5.95. The molecule has 0 spiro atoms. The van der Waals surface area contributed by atoms with Crippen molar-refractivity contribution in [2.24, 2.45) is 0 Å². The number of nitrogens with zero attached hydrogens (tertiary/aromatic N) is 1. The number of hydrogen-bond donors (Lipinski definition) is 3. The van der Waals surface area contributed by atoms with Crippen molar-refractivity contribution >= 4 is 59.9 Å². The van der Waals surface area contributed by atoms with Crippen molar-refractivity contribution in [2.75, 3.05) is 21.1 Å². The van der Waals surface area contributed by atoms with Gasteiger partial charge in [-0.1, -0.05) is 17.4 Å². The Labute approximate surface area is 166 Å². The first kappa shape index (κ1) is 19.8. The topological polar surface area (TPSA) is 117 Å². The molecule has 0 aliphatic heterocycles. The molecule has 1 heterocycles. The highest BCUT2D eigenvalue weighted by Crippen LogP contribution is 2.29. The minimum absolute atomic E-state index is 0.0599. The number of sulfonamides is 1. The molecule has 0 aliphatic carbocycles. The Morgan fingerprint density at radius 3 is 2.57 bits per heavy atom. The Morgan fingerprint density at radius 1 is 1.07 bits per heavy atom. The molecule has 3 aromatic rings. The Balaban J connectivity index is 1.78. The SMILES string of the molecule is CCS(=O)(=O)Nc1cccc(C(=O)Nc2nc3ccc(NC(C)=O)cc3s2)c1. The fourth-order valence-corrected chi connectivity index (χ4v) is 3.93. The van der Waals surface area contributed by atoms with Crippen LogP contribution in [0.1, 0.15) is 24.2 Å². The minimum atomic E-state index is -3.43. The number of fused-ring (bicyclic) bond motifs is 1. The molecule has 2 aromatic carbocycles. The standard InChI is InChI=1S/C18H18N4O4S2/c1-3-28(25,26)22-14-6-4-5-12(9-14)17(24)21-18-20-15-8-7-13(19-11(2)23)10-16(15)27-18/h4-10,22H,3H2,1-2H3,(H,19,23)(H,20,21,24). The number of hydrogen-bond acceptors (Lipinski definition) is 6. The highest BCUT2D eigenvalue weighted by atomic mass is 32.2. The Morgan fingerprint density at radius 2 is 1.86 bits per heavy atom. The van der Waals surface area contributed by atoms with E-state index in [1.165, 1.54) is 31.3 Å². The van der Waals surface area contributed by atoms with Crippen molar-refractivity contribution < 1.29 is 18.0 Å². The van der Waals surface area contributed by atoms with Crippen LogP contribution in [0.2, 0.25) is 0 Å². The van der Waals surface area contributed by atoms with Crippen LogP contribution in [0.4, 0.5) is 16.5 Å². The first-order chi connectivity index (χ1) is 13.3. The largest absolute Gasteiger partial charge is 0.326 e. The molecule has 146 valence electrons. The van der Waals surface area contributed by atoms with Crippen LogP contribution in [0.15, 0.2) is 42.5 Å². The summed E-state index contributed by atoms with van der Waals surface area (Å²) in [5.74, 6) is -0.634. The zero-order valence-electron chi connectivity index (χ0n) is 15.1. The quantitative estimate of drug-likeness (QED) is 0.568. The second-order valence-electron chi connectivity index (χ2n) is 5.92. The number of nitrogens with one attached hydrogen (secondary N) is 3. The van der Waals surface area contributed by atoms with Crippen molar-refractivity contribution in [1.29, 1.82) is 0 Å². The second kappa shape index (κ2) is 7.95. The summed E-state index contributed by atoms with van der Waals surface area (Å²) in [4.78, 5) is 28.0. The summed E-state index contributed by atoms with van der Waals surface area (Å²) >= 11 is 1.27. The van der Waals surface area contributed by atoms with E-state index in [0.29, 0.717) is 27.6 Å². The molecule has 8 nitrogen and oxygen atoms in total. The molecule has 0 aliphatic rings. The molecule has 0 unspecified atom stereocenters. The van der Waals surface area contributed by atoms with Gasteiger partial charge in [0.15, 0.2) is 5.13 Å². The van der Waals surface area contributed by atoms with Crippen LogP contribution in [-0.4, -0.2) is 31.0 Å². The van der Waals surface area contributed by atoms with Gasteiger partial charge in [0.1, 0.15) is 0 Å². The van der Waals surface area contributed by atoms with Gasteiger partial charge in [0.25, 0.3) is 5.91 Å². The lowest BCUT2D eigenvalue weighted by Gasteiger charge is -2.07. The van der Waals surface area contributed by atoms with E-state index in [2.05, 4.69) is 20.3 Å². The van der Waals surface area contributed by atoms with E-state index in [0.717, 1.165) is 4.70 Å². The predicted octanol–water partition coefficient (Wildman–Crippen LogP) is 3.27. The van der Waals surface area contributed by atoms with Gasteiger partial charge in [-0.05, 0) is 43.3 Å². The van der Waals surface area contributed by atoms with Crippen molar-refractivity contribution in [3.63, 3.8) is 0 Å². The summed E-state index contributed by atoms with van der Waals surface area (Å²) in [6, 6.07) is 11.5. The summed E-state index contributed by atoms with van der Waals surface area (Å²) in [6.07, 6.45) is 0. The lowest BCUT2D eigenvalue weighted by atomic mass is 10.2. The van der Waals surface area contributed by atoms with Crippen LogP contribution < -0.4 is 15.4 Å². The maximum Gasteiger partial charge on any atom is 0.257 e. The first-order valence-corrected chi connectivity index (χ1v) is 10.8. The molecule has 0 saturated heterocycles. The number of carbonyl (C=O) groups excluding carboxylic acids is 2. The van der Waals surface area contributed by atoms with Gasteiger partial charge in [-0.3, -0.25) is 19.6 Å². The lowest BCUT2D eigenvalue weighted by Crippen LogP contribution is -2.16. The minimum Gasteiger partial charge on any atom is -0.326 e. The number of rotatable bonds is 6. The Hall–Kier alpha value is -2.98. The van der Waals surface area contributed by atoms with Gasteiger partial charge in [-0.2, -0.15) is 0 Å². The smallest absolute Gasteiger partial charge is 0.257 e. The number of anilines is 3. The van der Waals surface area contributed by atoms with Crippen LogP contribution in [0.5, 0.6) is 0 Å². The number of carbonyl (C=O) groups is 2. The molecular weight excluding hydrogens is 400 g/mol. The number of amides is 2. The molecule has 3 N–H and O–H groups in total. The van der Waals surface area contributed by atoms with E-state index in [9.17, 15) is 18.0 Å². The zero-order valence-corrected chi connectivity index (χ0v) is 16.8. The average molecular weight is 419 g/mol. The number of thiazole rings is 1. The number of aromatic nitrogens is 1. The fourth-order valence-electron chi connectivity index (χ4n) is 2.40. The normalized spacial score (nSPS) is 11.2. The maximum atomic E-state index is 12.5. The molecule has 0 saturated carbocycles. The highest BCUT2D eigenvalue weighted by molar-refractivity contribution is 7.92. The molecule has 10 heteroatoms. The Bertz CT molecular complexity index is 1160. The molecule has 0 atom stereocenters. The zero-order chi connectivity index (χ0) is 20.3. The molecule has 28 heavy (non-hydrogen) atoms. The Kier molecular flexibility index (Phi) is 5.61. The summed E-state index contributed by atoms with van der Waals surface area (Å²) < 4.78 is 26.6. The lowest BCUT2D eigenvalue weighted by molar-refractivity contribution is -0.114. The van der Waals surface area contributed by atoms with E-state index in [1.54, 1.807) is 36.4 Å². The molecule has 3 rings (SSSR count). The van der Waals surface area contributed by atoms with Crippen LogP contribution in [0.25, 0.3) is 10.2 Å². The first-order valence-electron chi connectivity index (χ1n) is 8.36. The molecule has 0 radical (unpaired) electrons. The number of benzene rings is 2. The van der Waals surface area contributed by atoms with Gasteiger partial charge in [-0.25, -0.2) is 13.4 Å². The fraction of sp³-hybridized carbons (Fsp3) is 0.167. The van der Waals surface area contributed by atoms with E-state index in [4.69, 9.17) is 0 Å². The molecule has 0 bridgehead atoms. The summed E-state index contributed by atoms with van der Waals surface area (Å²) in [7, 11) is -3.43.